The minimum atomic E-state index is -0.432. The SMILES string of the molecule is CCOc1ccc(C)cc1C(C)NC(=O)/C(C#N)=C\Nc1c(C)cc(C)cc1C. The highest BCUT2D eigenvalue weighted by molar-refractivity contribution is 5.97. The average Bonchev–Trinajstić information content (AvgIpc) is 2.65. The molecule has 0 aliphatic carbocycles. The van der Waals surface area contributed by atoms with Crippen molar-refractivity contribution in [3.05, 3.63) is 69.9 Å². The fourth-order valence-corrected chi connectivity index (χ4v) is 3.35. The molecule has 0 aliphatic heterocycles. The molecule has 2 aromatic carbocycles. The van der Waals surface area contributed by atoms with Gasteiger partial charge in [0.25, 0.3) is 5.91 Å². The maximum absolute atomic E-state index is 12.7. The zero-order chi connectivity index (χ0) is 21.6. The van der Waals surface area contributed by atoms with Gasteiger partial charge in [-0.25, -0.2) is 0 Å². The van der Waals surface area contributed by atoms with Crippen LogP contribution in [0, 0.1) is 39.0 Å². The summed E-state index contributed by atoms with van der Waals surface area (Å²) < 4.78 is 5.68. The molecule has 152 valence electrons. The molecule has 0 bridgehead atoms. The lowest BCUT2D eigenvalue weighted by molar-refractivity contribution is -0.117. The number of carbonyl (C=O) groups is 1. The first-order valence-electron chi connectivity index (χ1n) is 9.75. The summed E-state index contributed by atoms with van der Waals surface area (Å²) in [5, 5.41) is 15.5. The first-order chi connectivity index (χ1) is 13.8. The summed E-state index contributed by atoms with van der Waals surface area (Å²) in [5.74, 6) is 0.302. The van der Waals surface area contributed by atoms with Crippen molar-refractivity contribution in [2.75, 3.05) is 11.9 Å². The Morgan fingerprint density at radius 1 is 1.14 bits per heavy atom. The summed E-state index contributed by atoms with van der Waals surface area (Å²) in [6.07, 6.45) is 1.46. The van der Waals surface area contributed by atoms with E-state index in [1.54, 1.807) is 0 Å². The van der Waals surface area contributed by atoms with Gasteiger partial charge in [-0.05, 0) is 58.7 Å². The third-order valence-electron chi connectivity index (χ3n) is 4.68. The van der Waals surface area contributed by atoms with Crippen LogP contribution < -0.4 is 15.4 Å². The number of anilines is 1. The molecule has 2 N–H and O–H groups in total. The quantitative estimate of drug-likeness (QED) is 0.514. The van der Waals surface area contributed by atoms with Crippen molar-refractivity contribution in [3.8, 4) is 11.8 Å². The number of hydrogen-bond donors (Lipinski definition) is 2. The van der Waals surface area contributed by atoms with E-state index < -0.39 is 5.91 Å². The van der Waals surface area contributed by atoms with Crippen LogP contribution in [-0.4, -0.2) is 12.5 Å². The molecule has 29 heavy (non-hydrogen) atoms. The number of amides is 1. The Morgan fingerprint density at radius 3 is 2.38 bits per heavy atom. The standard InChI is InChI=1S/C24H29N3O2/c1-7-29-22-9-8-15(2)12-21(22)19(6)27-24(28)20(13-25)14-26-23-17(4)10-16(3)11-18(23)5/h8-12,14,19,26H,7H2,1-6H3,(H,27,28)/b20-14-. The third kappa shape index (κ3) is 5.61. The Kier molecular flexibility index (Phi) is 7.44. The maximum Gasteiger partial charge on any atom is 0.263 e. The largest absolute Gasteiger partial charge is 0.494 e. The van der Waals surface area contributed by atoms with E-state index in [9.17, 15) is 10.1 Å². The summed E-state index contributed by atoms with van der Waals surface area (Å²) in [6, 6.07) is 11.7. The molecule has 0 fully saturated rings. The average molecular weight is 392 g/mol. The molecule has 1 atom stereocenters. The van der Waals surface area contributed by atoms with Gasteiger partial charge < -0.3 is 15.4 Å². The van der Waals surface area contributed by atoms with Crippen molar-refractivity contribution in [2.24, 2.45) is 0 Å². The lowest BCUT2D eigenvalue weighted by atomic mass is 10.0. The Bertz CT molecular complexity index is 948. The number of nitrogens with one attached hydrogen (secondary N) is 2. The van der Waals surface area contributed by atoms with E-state index >= 15 is 0 Å². The van der Waals surface area contributed by atoms with E-state index in [4.69, 9.17) is 4.74 Å². The summed E-state index contributed by atoms with van der Waals surface area (Å²) in [5.41, 5.74) is 6.17. The molecule has 1 unspecified atom stereocenters. The summed E-state index contributed by atoms with van der Waals surface area (Å²) in [4.78, 5) is 12.7. The topological polar surface area (TPSA) is 74.1 Å². The Balaban J connectivity index is 2.19. The summed E-state index contributed by atoms with van der Waals surface area (Å²) >= 11 is 0. The summed E-state index contributed by atoms with van der Waals surface area (Å²) in [6.45, 7) is 12.4. The third-order valence-corrected chi connectivity index (χ3v) is 4.68. The van der Waals surface area contributed by atoms with Crippen LogP contribution in [0.1, 0.15) is 47.7 Å². The van der Waals surface area contributed by atoms with Gasteiger partial charge in [-0.3, -0.25) is 4.79 Å². The van der Waals surface area contributed by atoms with Crippen molar-refractivity contribution in [2.45, 2.75) is 47.6 Å². The Hall–Kier alpha value is -3.26. The first-order valence-corrected chi connectivity index (χ1v) is 9.75. The van der Waals surface area contributed by atoms with Gasteiger partial charge in [0.15, 0.2) is 0 Å². The predicted octanol–water partition coefficient (Wildman–Crippen LogP) is 5.02. The first kappa shape index (κ1) is 22.0. The van der Waals surface area contributed by atoms with Crippen molar-refractivity contribution in [1.82, 2.24) is 5.32 Å². The van der Waals surface area contributed by atoms with Gasteiger partial charge in [0, 0.05) is 17.5 Å². The molecule has 2 aromatic rings. The number of nitrogens with zero attached hydrogens (tertiary/aromatic N) is 1. The van der Waals surface area contributed by atoms with E-state index in [2.05, 4.69) is 22.8 Å². The van der Waals surface area contributed by atoms with Crippen LogP contribution in [0.5, 0.6) is 5.75 Å². The zero-order valence-corrected chi connectivity index (χ0v) is 18.0. The van der Waals surface area contributed by atoms with E-state index in [-0.39, 0.29) is 11.6 Å². The van der Waals surface area contributed by atoms with E-state index in [1.807, 2.05) is 65.8 Å². The summed E-state index contributed by atoms with van der Waals surface area (Å²) in [7, 11) is 0. The highest BCUT2D eigenvalue weighted by atomic mass is 16.5. The minimum Gasteiger partial charge on any atom is -0.494 e. The molecule has 1 amide bonds. The molecule has 5 nitrogen and oxygen atoms in total. The van der Waals surface area contributed by atoms with E-state index in [1.165, 1.54) is 11.8 Å². The van der Waals surface area contributed by atoms with E-state index in [0.29, 0.717) is 6.61 Å². The zero-order valence-electron chi connectivity index (χ0n) is 18.0. The number of hydrogen-bond acceptors (Lipinski definition) is 4. The monoisotopic (exact) mass is 391 g/mol. The maximum atomic E-state index is 12.7. The van der Waals surface area contributed by atoms with Crippen LogP contribution in [-0.2, 0) is 4.79 Å². The second-order valence-electron chi connectivity index (χ2n) is 7.26. The number of ether oxygens (including phenoxy) is 1. The molecule has 0 spiro atoms. The molecule has 0 saturated carbocycles. The number of aryl methyl sites for hydroxylation is 4. The lowest BCUT2D eigenvalue weighted by Gasteiger charge is -2.18. The minimum absolute atomic E-state index is 0.0156. The smallest absolute Gasteiger partial charge is 0.263 e. The fourth-order valence-electron chi connectivity index (χ4n) is 3.35. The van der Waals surface area contributed by atoms with E-state index in [0.717, 1.165) is 33.7 Å². The molecule has 0 heterocycles. The second kappa shape index (κ2) is 9.79. The van der Waals surface area contributed by atoms with Crippen molar-refractivity contribution >= 4 is 11.6 Å². The molecule has 0 radical (unpaired) electrons. The van der Waals surface area contributed by atoms with Crippen LogP contribution in [0.3, 0.4) is 0 Å². The highest BCUT2D eigenvalue weighted by Crippen LogP contribution is 2.27. The fraction of sp³-hybridized carbons (Fsp3) is 0.333. The lowest BCUT2D eigenvalue weighted by Crippen LogP contribution is -2.28. The molecule has 5 heteroatoms. The van der Waals surface area contributed by atoms with Gasteiger partial charge in [-0.1, -0.05) is 35.4 Å². The normalized spacial score (nSPS) is 12.1. The van der Waals surface area contributed by atoms with Crippen molar-refractivity contribution in [1.29, 1.82) is 5.26 Å². The molecular formula is C24H29N3O2. The van der Waals surface area contributed by atoms with Crippen molar-refractivity contribution < 1.29 is 9.53 Å². The number of rotatable bonds is 7. The molecule has 0 aliphatic rings. The van der Waals surface area contributed by atoms with Crippen LogP contribution in [0.15, 0.2) is 42.1 Å². The van der Waals surface area contributed by atoms with Gasteiger partial charge >= 0.3 is 0 Å². The number of carbonyl (C=O) groups excluding carboxylic acids is 1. The molecular weight excluding hydrogens is 362 g/mol. The van der Waals surface area contributed by atoms with Gasteiger partial charge in [-0.15, -0.1) is 0 Å². The van der Waals surface area contributed by atoms with Crippen LogP contribution in [0.2, 0.25) is 0 Å². The number of benzene rings is 2. The second-order valence-corrected chi connectivity index (χ2v) is 7.26. The molecule has 2 rings (SSSR count). The Morgan fingerprint density at radius 2 is 1.79 bits per heavy atom. The molecule has 0 aromatic heterocycles. The Labute approximate surface area is 173 Å². The predicted molar refractivity (Wildman–Crippen MR) is 117 cm³/mol. The van der Waals surface area contributed by atoms with Gasteiger partial charge in [0.05, 0.1) is 12.6 Å². The molecule has 0 saturated heterocycles. The van der Waals surface area contributed by atoms with Crippen LogP contribution >= 0.6 is 0 Å². The van der Waals surface area contributed by atoms with Gasteiger partial charge in [0.2, 0.25) is 0 Å². The van der Waals surface area contributed by atoms with Crippen LogP contribution in [0.4, 0.5) is 5.69 Å². The van der Waals surface area contributed by atoms with Crippen LogP contribution in [0.25, 0.3) is 0 Å². The van der Waals surface area contributed by atoms with Gasteiger partial charge in [-0.2, -0.15) is 5.26 Å². The number of nitriles is 1. The highest BCUT2D eigenvalue weighted by Gasteiger charge is 2.17. The van der Waals surface area contributed by atoms with Gasteiger partial charge in [0.1, 0.15) is 17.4 Å². The van der Waals surface area contributed by atoms with Crippen molar-refractivity contribution in [3.63, 3.8) is 0 Å².